The Kier molecular flexibility index (Phi) is 6.68. The van der Waals surface area contributed by atoms with Crippen molar-refractivity contribution < 1.29 is 13.5 Å². The van der Waals surface area contributed by atoms with Crippen LogP contribution in [0.1, 0.15) is 39.5 Å². The van der Waals surface area contributed by atoms with E-state index in [9.17, 15) is 13.5 Å². The predicted octanol–water partition coefficient (Wildman–Crippen LogP) is 0.978. The van der Waals surface area contributed by atoms with Gasteiger partial charge in [0.05, 0.1) is 17.6 Å². The van der Waals surface area contributed by atoms with Gasteiger partial charge in [0.2, 0.25) is 0 Å². The minimum Gasteiger partial charge on any atom is -0.390 e. The van der Waals surface area contributed by atoms with E-state index in [4.69, 9.17) is 0 Å². The first-order valence-corrected chi connectivity index (χ1v) is 10.6. The van der Waals surface area contributed by atoms with Crippen molar-refractivity contribution in [3.63, 3.8) is 0 Å². The van der Waals surface area contributed by atoms with E-state index in [0.29, 0.717) is 18.8 Å². The maximum atomic E-state index is 11.7. The first-order chi connectivity index (χ1) is 10.4. The number of sulfone groups is 1. The zero-order chi connectivity index (χ0) is 16.2. The quantitative estimate of drug-likeness (QED) is 0.753. The second kappa shape index (κ2) is 8.08. The maximum Gasteiger partial charge on any atom is 0.151 e. The zero-order valence-electron chi connectivity index (χ0n) is 14.1. The van der Waals surface area contributed by atoms with E-state index < -0.39 is 9.84 Å². The molecule has 6 heteroatoms. The molecule has 0 aliphatic carbocycles. The summed E-state index contributed by atoms with van der Waals surface area (Å²) in [6, 6.07) is 0.0981. The SMILES string of the molecule is CCCN(C[C@@H](O)CN1CCC(C)CC1)[C@@H]1CCS(=O)(=O)C1. The summed E-state index contributed by atoms with van der Waals surface area (Å²) in [5, 5.41) is 10.4. The monoisotopic (exact) mass is 332 g/mol. The fourth-order valence-electron chi connectivity index (χ4n) is 3.64. The zero-order valence-corrected chi connectivity index (χ0v) is 14.9. The molecule has 2 heterocycles. The van der Waals surface area contributed by atoms with Crippen molar-refractivity contribution in [2.24, 2.45) is 5.92 Å². The summed E-state index contributed by atoms with van der Waals surface area (Å²) in [6.07, 6.45) is 3.75. The summed E-state index contributed by atoms with van der Waals surface area (Å²) < 4.78 is 23.4. The van der Waals surface area contributed by atoms with Gasteiger partial charge in [0, 0.05) is 19.1 Å². The van der Waals surface area contributed by atoms with Crippen molar-refractivity contribution >= 4 is 9.84 Å². The van der Waals surface area contributed by atoms with Crippen molar-refractivity contribution in [1.82, 2.24) is 9.80 Å². The molecule has 0 aromatic heterocycles. The Morgan fingerprint density at radius 1 is 1.27 bits per heavy atom. The molecule has 0 radical (unpaired) electrons. The van der Waals surface area contributed by atoms with Gasteiger partial charge in [-0.15, -0.1) is 0 Å². The van der Waals surface area contributed by atoms with Gasteiger partial charge in [-0.3, -0.25) is 4.90 Å². The molecule has 2 fully saturated rings. The minimum absolute atomic E-state index is 0.0981. The van der Waals surface area contributed by atoms with Crippen LogP contribution in [0.2, 0.25) is 0 Å². The lowest BCUT2D eigenvalue weighted by molar-refractivity contribution is 0.0509. The van der Waals surface area contributed by atoms with Gasteiger partial charge >= 0.3 is 0 Å². The van der Waals surface area contributed by atoms with Crippen molar-refractivity contribution in [2.75, 3.05) is 44.2 Å². The molecule has 0 unspecified atom stereocenters. The van der Waals surface area contributed by atoms with Crippen molar-refractivity contribution in [3.05, 3.63) is 0 Å². The Bertz CT molecular complexity index is 433. The number of aliphatic hydroxyl groups excluding tert-OH is 1. The van der Waals surface area contributed by atoms with Crippen LogP contribution in [-0.2, 0) is 9.84 Å². The number of piperidine rings is 1. The number of rotatable bonds is 7. The van der Waals surface area contributed by atoms with Gasteiger partial charge in [0.15, 0.2) is 9.84 Å². The number of nitrogens with zero attached hydrogens (tertiary/aromatic N) is 2. The van der Waals surface area contributed by atoms with Gasteiger partial charge in [-0.05, 0) is 51.2 Å². The van der Waals surface area contributed by atoms with E-state index >= 15 is 0 Å². The Hall–Kier alpha value is -0.170. The highest BCUT2D eigenvalue weighted by atomic mass is 32.2. The van der Waals surface area contributed by atoms with Crippen molar-refractivity contribution in [1.29, 1.82) is 0 Å². The maximum absolute atomic E-state index is 11.7. The third kappa shape index (κ3) is 5.48. The standard InChI is InChI=1S/C16H32N2O3S/c1-3-7-18(15-6-10-22(20,21)13-15)12-16(19)11-17-8-4-14(2)5-9-17/h14-16,19H,3-13H2,1-2H3/t15-,16+/m1/s1. The Morgan fingerprint density at radius 2 is 1.95 bits per heavy atom. The van der Waals surface area contributed by atoms with Gasteiger partial charge in [0.25, 0.3) is 0 Å². The Labute approximate surface area is 135 Å². The van der Waals surface area contributed by atoms with Crippen LogP contribution in [0.15, 0.2) is 0 Å². The molecule has 0 saturated carbocycles. The Morgan fingerprint density at radius 3 is 2.50 bits per heavy atom. The summed E-state index contributed by atoms with van der Waals surface area (Å²) in [5.74, 6) is 1.37. The molecule has 0 spiro atoms. The van der Waals surface area contributed by atoms with E-state index in [2.05, 4.69) is 23.6 Å². The van der Waals surface area contributed by atoms with E-state index in [1.165, 1.54) is 12.8 Å². The molecule has 1 N–H and O–H groups in total. The second-order valence-electron chi connectivity index (χ2n) is 7.19. The van der Waals surface area contributed by atoms with Gasteiger partial charge in [0.1, 0.15) is 0 Å². The fraction of sp³-hybridized carbons (Fsp3) is 1.00. The van der Waals surface area contributed by atoms with Gasteiger partial charge in [-0.1, -0.05) is 13.8 Å². The van der Waals surface area contributed by atoms with Gasteiger partial charge in [-0.2, -0.15) is 0 Å². The normalized spacial score (nSPS) is 28.3. The Balaban J connectivity index is 1.82. The molecule has 2 atom stereocenters. The molecular weight excluding hydrogens is 300 g/mol. The molecule has 5 nitrogen and oxygen atoms in total. The van der Waals surface area contributed by atoms with Gasteiger partial charge < -0.3 is 10.0 Å². The van der Waals surface area contributed by atoms with Crippen LogP contribution in [-0.4, -0.2) is 79.7 Å². The van der Waals surface area contributed by atoms with Crippen LogP contribution in [0.3, 0.4) is 0 Å². The first-order valence-electron chi connectivity index (χ1n) is 8.74. The fourth-order valence-corrected chi connectivity index (χ4v) is 5.41. The average molecular weight is 333 g/mol. The van der Waals surface area contributed by atoms with E-state index in [1.54, 1.807) is 0 Å². The highest BCUT2D eigenvalue weighted by molar-refractivity contribution is 7.91. The van der Waals surface area contributed by atoms with Crippen LogP contribution in [0, 0.1) is 5.92 Å². The molecule has 2 aliphatic heterocycles. The summed E-state index contributed by atoms with van der Waals surface area (Å²) in [7, 11) is -2.86. The molecule has 0 bridgehead atoms. The lowest BCUT2D eigenvalue weighted by Crippen LogP contribution is -2.46. The highest BCUT2D eigenvalue weighted by Crippen LogP contribution is 2.19. The van der Waals surface area contributed by atoms with Crippen LogP contribution >= 0.6 is 0 Å². The molecule has 0 aromatic carbocycles. The molecule has 2 rings (SSSR count). The summed E-state index contributed by atoms with van der Waals surface area (Å²) in [5.41, 5.74) is 0. The molecular formula is C16H32N2O3S. The third-order valence-electron chi connectivity index (χ3n) is 5.03. The van der Waals surface area contributed by atoms with Gasteiger partial charge in [-0.25, -0.2) is 8.42 Å². The smallest absolute Gasteiger partial charge is 0.151 e. The van der Waals surface area contributed by atoms with E-state index in [1.807, 2.05) is 0 Å². The van der Waals surface area contributed by atoms with Crippen molar-refractivity contribution in [3.8, 4) is 0 Å². The molecule has 2 aliphatic rings. The highest BCUT2D eigenvalue weighted by Gasteiger charge is 2.32. The first kappa shape index (κ1) is 18.2. The van der Waals surface area contributed by atoms with Crippen LogP contribution < -0.4 is 0 Å². The summed E-state index contributed by atoms with van der Waals surface area (Å²) in [6.45, 7) is 8.72. The molecule has 0 amide bonds. The minimum atomic E-state index is -2.86. The van der Waals surface area contributed by atoms with Crippen molar-refractivity contribution in [2.45, 2.75) is 51.7 Å². The number of hydrogen-bond donors (Lipinski definition) is 1. The lowest BCUT2D eigenvalue weighted by atomic mass is 9.99. The number of likely N-dealkylation sites (tertiary alicyclic amines) is 1. The molecule has 22 heavy (non-hydrogen) atoms. The molecule has 2 saturated heterocycles. The number of hydrogen-bond acceptors (Lipinski definition) is 5. The van der Waals surface area contributed by atoms with Crippen LogP contribution in [0.4, 0.5) is 0 Å². The predicted molar refractivity (Wildman–Crippen MR) is 89.8 cm³/mol. The summed E-state index contributed by atoms with van der Waals surface area (Å²) in [4.78, 5) is 4.54. The van der Waals surface area contributed by atoms with E-state index in [-0.39, 0.29) is 17.9 Å². The number of β-amino-alcohol motifs (C(OH)–C–C–N with tert-alkyl or cyclic N) is 1. The number of aliphatic hydroxyl groups is 1. The second-order valence-corrected chi connectivity index (χ2v) is 9.42. The third-order valence-corrected chi connectivity index (χ3v) is 6.78. The topological polar surface area (TPSA) is 60.9 Å². The summed E-state index contributed by atoms with van der Waals surface area (Å²) >= 11 is 0. The van der Waals surface area contributed by atoms with Crippen LogP contribution in [0.25, 0.3) is 0 Å². The average Bonchev–Trinajstić information content (AvgIpc) is 2.81. The van der Waals surface area contributed by atoms with E-state index in [0.717, 1.165) is 38.4 Å². The largest absolute Gasteiger partial charge is 0.390 e. The lowest BCUT2D eigenvalue weighted by Gasteiger charge is -2.34. The molecule has 0 aromatic rings. The molecule has 130 valence electrons. The van der Waals surface area contributed by atoms with Crippen LogP contribution in [0.5, 0.6) is 0 Å².